The van der Waals surface area contributed by atoms with Crippen LogP contribution >= 0.6 is 0 Å². The predicted octanol–water partition coefficient (Wildman–Crippen LogP) is 4.97. The molecule has 5 heteroatoms. The van der Waals surface area contributed by atoms with Gasteiger partial charge in [0.15, 0.2) is 0 Å². The standard InChI is InChI=1S/C25H33N3O2/c1-25(2,3)24(29)26-17-9-5-6-12-23-27-21-10-7-8-11-22(21)28(23)18-19-13-15-20(30-4)16-14-19/h7-8,10-11,13-16H,5-6,9,12,17-18H2,1-4H3,(H,26,29). The zero-order chi connectivity index (χ0) is 21.6. The first-order valence-corrected chi connectivity index (χ1v) is 10.7. The van der Waals surface area contributed by atoms with Gasteiger partial charge in [0.1, 0.15) is 11.6 Å². The molecule has 0 bridgehead atoms. The SMILES string of the molecule is COc1ccc(Cn2c(CCCCCNC(=O)C(C)(C)C)nc3ccccc32)cc1. The zero-order valence-corrected chi connectivity index (χ0v) is 18.6. The van der Waals surface area contributed by atoms with Crippen molar-refractivity contribution >= 4 is 16.9 Å². The van der Waals surface area contributed by atoms with E-state index in [1.165, 1.54) is 11.1 Å². The quantitative estimate of drug-likeness (QED) is 0.510. The summed E-state index contributed by atoms with van der Waals surface area (Å²) < 4.78 is 7.59. The molecule has 0 aliphatic heterocycles. The molecule has 5 nitrogen and oxygen atoms in total. The van der Waals surface area contributed by atoms with E-state index in [9.17, 15) is 4.79 Å². The van der Waals surface area contributed by atoms with Gasteiger partial charge in [0, 0.05) is 24.9 Å². The number of aromatic nitrogens is 2. The molecule has 3 rings (SSSR count). The minimum atomic E-state index is -0.327. The summed E-state index contributed by atoms with van der Waals surface area (Å²) in [6, 6.07) is 16.5. The third kappa shape index (κ3) is 5.62. The monoisotopic (exact) mass is 407 g/mol. The normalized spacial score (nSPS) is 11.6. The molecule has 0 spiro atoms. The van der Waals surface area contributed by atoms with Crippen LogP contribution in [0.2, 0.25) is 0 Å². The smallest absolute Gasteiger partial charge is 0.225 e. The van der Waals surface area contributed by atoms with Crippen molar-refractivity contribution in [2.24, 2.45) is 5.41 Å². The number of hydrogen-bond acceptors (Lipinski definition) is 3. The van der Waals surface area contributed by atoms with Gasteiger partial charge in [0.25, 0.3) is 0 Å². The second-order valence-electron chi connectivity index (χ2n) is 8.77. The van der Waals surface area contributed by atoms with Gasteiger partial charge in [0.05, 0.1) is 18.1 Å². The van der Waals surface area contributed by atoms with Gasteiger partial charge in [-0.1, -0.05) is 51.5 Å². The summed E-state index contributed by atoms with van der Waals surface area (Å²) in [5.74, 6) is 2.10. The molecule has 30 heavy (non-hydrogen) atoms. The molecule has 2 aromatic carbocycles. The van der Waals surface area contributed by atoms with E-state index in [1.54, 1.807) is 7.11 Å². The van der Waals surface area contributed by atoms with E-state index in [0.29, 0.717) is 0 Å². The van der Waals surface area contributed by atoms with Crippen LogP contribution < -0.4 is 10.1 Å². The molecule has 0 saturated carbocycles. The molecule has 0 fully saturated rings. The Balaban J connectivity index is 1.61. The van der Waals surface area contributed by atoms with E-state index in [-0.39, 0.29) is 11.3 Å². The lowest BCUT2D eigenvalue weighted by Gasteiger charge is -2.17. The minimum Gasteiger partial charge on any atom is -0.497 e. The number of imidazole rings is 1. The Morgan fingerprint density at radius 3 is 2.47 bits per heavy atom. The summed E-state index contributed by atoms with van der Waals surface area (Å²) in [7, 11) is 1.69. The fourth-order valence-corrected chi connectivity index (χ4v) is 3.46. The van der Waals surface area contributed by atoms with Crippen LogP contribution in [0.25, 0.3) is 11.0 Å². The second kappa shape index (κ2) is 9.79. The number of carbonyl (C=O) groups is 1. The summed E-state index contributed by atoms with van der Waals surface area (Å²) >= 11 is 0. The number of nitrogens with one attached hydrogen (secondary N) is 1. The number of benzene rings is 2. The van der Waals surface area contributed by atoms with Crippen LogP contribution in [0, 0.1) is 5.41 Å². The van der Waals surface area contributed by atoms with E-state index in [1.807, 2.05) is 39.0 Å². The molecule has 1 aromatic heterocycles. The number of ether oxygens (including phenoxy) is 1. The molecule has 0 saturated heterocycles. The molecule has 160 valence electrons. The van der Waals surface area contributed by atoms with Crippen LogP contribution in [0.4, 0.5) is 0 Å². The van der Waals surface area contributed by atoms with E-state index in [0.717, 1.165) is 55.9 Å². The Kier molecular flexibility index (Phi) is 7.14. The molecule has 3 aromatic rings. The van der Waals surface area contributed by atoms with Crippen molar-refractivity contribution in [3.05, 3.63) is 59.9 Å². The van der Waals surface area contributed by atoms with Crippen molar-refractivity contribution in [1.29, 1.82) is 0 Å². The van der Waals surface area contributed by atoms with Crippen molar-refractivity contribution in [2.75, 3.05) is 13.7 Å². The lowest BCUT2D eigenvalue weighted by atomic mass is 9.96. The van der Waals surface area contributed by atoms with Crippen LogP contribution in [0.5, 0.6) is 5.75 Å². The Hall–Kier alpha value is -2.82. The Morgan fingerprint density at radius 2 is 1.77 bits per heavy atom. The number of unbranched alkanes of at least 4 members (excludes halogenated alkanes) is 2. The highest BCUT2D eigenvalue weighted by molar-refractivity contribution is 5.81. The number of methoxy groups -OCH3 is 1. The first-order chi connectivity index (χ1) is 14.4. The Morgan fingerprint density at radius 1 is 1.03 bits per heavy atom. The number of aryl methyl sites for hydroxylation is 1. The number of carbonyl (C=O) groups excluding carboxylic acids is 1. The number of nitrogens with zero attached hydrogens (tertiary/aromatic N) is 2. The number of fused-ring (bicyclic) bond motifs is 1. The van der Waals surface area contributed by atoms with Crippen LogP contribution in [0.1, 0.15) is 51.4 Å². The van der Waals surface area contributed by atoms with Gasteiger partial charge in [-0.3, -0.25) is 4.79 Å². The summed E-state index contributed by atoms with van der Waals surface area (Å²) in [6.07, 6.45) is 4.03. The average Bonchev–Trinajstić information content (AvgIpc) is 3.07. The molecule has 0 atom stereocenters. The van der Waals surface area contributed by atoms with E-state index < -0.39 is 0 Å². The van der Waals surface area contributed by atoms with Gasteiger partial charge in [-0.2, -0.15) is 0 Å². The molecule has 0 aliphatic rings. The van der Waals surface area contributed by atoms with Crippen molar-refractivity contribution in [3.63, 3.8) is 0 Å². The van der Waals surface area contributed by atoms with Crippen LogP contribution in [-0.4, -0.2) is 29.1 Å². The van der Waals surface area contributed by atoms with Crippen molar-refractivity contribution < 1.29 is 9.53 Å². The lowest BCUT2D eigenvalue weighted by molar-refractivity contribution is -0.128. The molecule has 1 amide bonds. The number of para-hydroxylation sites is 2. The maximum absolute atomic E-state index is 11.9. The predicted molar refractivity (Wildman–Crippen MR) is 122 cm³/mol. The fraction of sp³-hybridized carbons (Fsp3) is 0.440. The van der Waals surface area contributed by atoms with Gasteiger partial charge >= 0.3 is 0 Å². The molecular weight excluding hydrogens is 374 g/mol. The number of hydrogen-bond donors (Lipinski definition) is 1. The van der Waals surface area contributed by atoms with Gasteiger partial charge < -0.3 is 14.6 Å². The molecule has 1 N–H and O–H groups in total. The summed E-state index contributed by atoms with van der Waals surface area (Å²) in [5, 5.41) is 3.03. The maximum atomic E-state index is 11.9. The fourth-order valence-electron chi connectivity index (χ4n) is 3.46. The van der Waals surface area contributed by atoms with Gasteiger partial charge in [-0.25, -0.2) is 4.98 Å². The lowest BCUT2D eigenvalue weighted by Crippen LogP contribution is -2.35. The van der Waals surface area contributed by atoms with Gasteiger partial charge in [-0.05, 0) is 42.7 Å². The summed E-state index contributed by atoms with van der Waals surface area (Å²) in [4.78, 5) is 16.8. The van der Waals surface area contributed by atoms with E-state index in [4.69, 9.17) is 9.72 Å². The van der Waals surface area contributed by atoms with Gasteiger partial charge in [-0.15, -0.1) is 0 Å². The molecule has 0 radical (unpaired) electrons. The largest absolute Gasteiger partial charge is 0.497 e. The van der Waals surface area contributed by atoms with Gasteiger partial charge in [0.2, 0.25) is 5.91 Å². The summed E-state index contributed by atoms with van der Waals surface area (Å²) in [5.41, 5.74) is 3.11. The third-order valence-corrected chi connectivity index (χ3v) is 5.28. The highest BCUT2D eigenvalue weighted by Crippen LogP contribution is 2.21. The molecule has 0 unspecified atom stereocenters. The Bertz CT molecular complexity index is 968. The van der Waals surface area contributed by atoms with E-state index >= 15 is 0 Å². The first kappa shape index (κ1) is 21.9. The number of rotatable bonds is 9. The van der Waals surface area contributed by atoms with Crippen molar-refractivity contribution in [3.8, 4) is 5.75 Å². The molecule has 1 heterocycles. The van der Waals surface area contributed by atoms with Crippen LogP contribution in [0.3, 0.4) is 0 Å². The molecular formula is C25H33N3O2. The van der Waals surface area contributed by atoms with Crippen LogP contribution in [-0.2, 0) is 17.8 Å². The highest BCUT2D eigenvalue weighted by Gasteiger charge is 2.20. The third-order valence-electron chi connectivity index (χ3n) is 5.28. The topological polar surface area (TPSA) is 56.1 Å². The minimum absolute atomic E-state index is 0.115. The first-order valence-electron chi connectivity index (χ1n) is 10.7. The maximum Gasteiger partial charge on any atom is 0.225 e. The zero-order valence-electron chi connectivity index (χ0n) is 18.6. The molecule has 0 aliphatic carbocycles. The van der Waals surface area contributed by atoms with Crippen molar-refractivity contribution in [1.82, 2.24) is 14.9 Å². The van der Waals surface area contributed by atoms with Crippen LogP contribution in [0.15, 0.2) is 48.5 Å². The van der Waals surface area contributed by atoms with Crippen molar-refractivity contribution in [2.45, 2.75) is 53.0 Å². The highest BCUT2D eigenvalue weighted by atomic mass is 16.5. The Labute approximate surface area is 179 Å². The summed E-state index contributed by atoms with van der Waals surface area (Å²) in [6.45, 7) is 7.35. The second-order valence-corrected chi connectivity index (χ2v) is 8.77. The van der Waals surface area contributed by atoms with E-state index in [2.05, 4.69) is 40.2 Å². The number of amides is 1. The average molecular weight is 408 g/mol.